The van der Waals surface area contributed by atoms with Crippen molar-refractivity contribution in [1.82, 2.24) is 10.0 Å². The van der Waals surface area contributed by atoms with Crippen molar-refractivity contribution < 1.29 is 17.9 Å². The molecule has 1 aliphatic heterocycles. The number of ether oxygens (including phenoxy) is 1. The summed E-state index contributed by atoms with van der Waals surface area (Å²) < 4.78 is 33.1. The molecular formula is C16H25N3O4S. The first-order chi connectivity index (χ1) is 11.1. The molecule has 1 atom stereocenters. The van der Waals surface area contributed by atoms with Crippen LogP contribution in [0, 0.1) is 6.92 Å². The fraction of sp³-hybridized carbons (Fsp3) is 0.562. The van der Waals surface area contributed by atoms with E-state index in [9.17, 15) is 13.2 Å². The van der Waals surface area contributed by atoms with Crippen molar-refractivity contribution in [3.05, 3.63) is 23.8 Å². The molecule has 0 bridgehead atoms. The molecule has 1 amide bonds. The van der Waals surface area contributed by atoms with Crippen LogP contribution in [-0.2, 0) is 19.6 Å². The van der Waals surface area contributed by atoms with Gasteiger partial charge in [-0.3, -0.25) is 4.79 Å². The molecule has 0 aliphatic carbocycles. The van der Waals surface area contributed by atoms with Crippen LogP contribution >= 0.6 is 0 Å². The van der Waals surface area contributed by atoms with Crippen LogP contribution in [0.3, 0.4) is 0 Å². The predicted molar refractivity (Wildman–Crippen MR) is 92.5 cm³/mol. The zero-order chi connectivity index (χ0) is 18.0. The van der Waals surface area contributed by atoms with Crippen LogP contribution in [0.5, 0.6) is 0 Å². The minimum atomic E-state index is -3.68. The summed E-state index contributed by atoms with van der Waals surface area (Å²) in [5.41, 5.74) is 0.445. The Bertz CT molecular complexity index is 705. The van der Waals surface area contributed by atoms with Gasteiger partial charge >= 0.3 is 0 Å². The molecule has 0 saturated carbocycles. The Hall–Kier alpha value is -1.48. The highest BCUT2D eigenvalue weighted by Crippen LogP contribution is 2.22. The third-order valence-corrected chi connectivity index (χ3v) is 5.31. The summed E-state index contributed by atoms with van der Waals surface area (Å²) >= 11 is 0. The van der Waals surface area contributed by atoms with Crippen LogP contribution < -0.4 is 15.4 Å². The summed E-state index contributed by atoms with van der Waals surface area (Å²) in [6.45, 7) is 8.68. The van der Waals surface area contributed by atoms with Gasteiger partial charge in [-0.2, -0.15) is 0 Å². The van der Waals surface area contributed by atoms with Crippen molar-refractivity contribution >= 4 is 21.6 Å². The van der Waals surface area contributed by atoms with Gasteiger partial charge in [0, 0.05) is 24.3 Å². The van der Waals surface area contributed by atoms with E-state index in [4.69, 9.17) is 4.74 Å². The molecule has 1 aromatic rings. The Labute approximate surface area is 143 Å². The van der Waals surface area contributed by atoms with Gasteiger partial charge in [0.15, 0.2) is 0 Å². The second-order valence-corrected chi connectivity index (χ2v) is 8.54. The first kappa shape index (κ1) is 18.9. The van der Waals surface area contributed by atoms with E-state index in [0.29, 0.717) is 24.4 Å². The van der Waals surface area contributed by atoms with Crippen LogP contribution in [0.25, 0.3) is 0 Å². The third kappa shape index (κ3) is 5.01. The number of carbonyl (C=O) groups excluding carboxylic acids is 1. The number of nitrogens with one attached hydrogen (secondary N) is 3. The monoisotopic (exact) mass is 355 g/mol. The Morgan fingerprint density at radius 2 is 2.04 bits per heavy atom. The molecule has 24 heavy (non-hydrogen) atoms. The molecule has 0 aromatic heterocycles. The first-order valence-electron chi connectivity index (χ1n) is 7.86. The van der Waals surface area contributed by atoms with E-state index in [1.807, 2.05) is 0 Å². The van der Waals surface area contributed by atoms with Crippen molar-refractivity contribution in [1.29, 1.82) is 0 Å². The van der Waals surface area contributed by atoms with E-state index >= 15 is 0 Å². The number of sulfonamides is 1. The number of morpholine rings is 1. The predicted octanol–water partition coefficient (Wildman–Crippen LogP) is 0.999. The molecule has 1 aliphatic rings. The van der Waals surface area contributed by atoms with Gasteiger partial charge in [0.2, 0.25) is 10.0 Å². The second kappa shape index (κ2) is 7.18. The van der Waals surface area contributed by atoms with Gasteiger partial charge in [-0.05, 0) is 45.4 Å². The number of aryl methyl sites for hydroxylation is 1. The van der Waals surface area contributed by atoms with Gasteiger partial charge < -0.3 is 15.4 Å². The average Bonchev–Trinajstić information content (AvgIpc) is 2.47. The van der Waals surface area contributed by atoms with E-state index in [0.717, 1.165) is 6.54 Å². The fourth-order valence-electron chi connectivity index (χ4n) is 2.38. The van der Waals surface area contributed by atoms with Gasteiger partial charge in [0.25, 0.3) is 5.91 Å². The lowest BCUT2D eigenvalue weighted by atomic mass is 10.1. The van der Waals surface area contributed by atoms with Gasteiger partial charge in [-0.15, -0.1) is 0 Å². The van der Waals surface area contributed by atoms with Crippen LogP contribution in [-0.4, -0.2) is 45.7 Å². The molecule has 0 spiro atoms. The van der Waals surface area contributed by atoms with Gasteiger partial charge in [0.1, 0.15) is 6.10 Å². The van der Waals surface area contributed by atoms with E-state index in [1.165, 1.54) is 6.07 Å². The number of carbonyl (C=O) groups is 1. The number of benzene rings is 1. The number of amides is 1. The summed E-state index contributed by atoms with van der Waals surface area (Å²) in [7, 11) is -3.68. The molecular weight excluding hydrogens is 330 g/mol. The van der Waals surface area contributed by atoms with Gasteiger partial charge in [0.05, 0.1) is 11.5 Å². The third-order valence-electron chi connectivity index (χ3n) is 3.41. The van der Waals surface area contributed by atoms with Crippen LogP contribution in [0.4, 0.5) is 5.69 Å². The van der Waals surface area contributed by atoms with Crippen molar-refractivity contribution in [3.63, 3.8) is 0 Å². The zero-order valence-corrected chi connectivity index (χ0v) is 15.3. The van der Waals surface area contributed by atoms with E-state index in [-0.39, 0.29) is 10.8 Å². The lowest BCUT2D eigenvalue weighted by molar-refractivity contribution is -0.128. The maximum atomic E-state index is 12.5. The van der Waals surface area contributed by atoms with Crippen molar-refractivity contribution in [2.75, 3.05) is 25.0 Å². The van der Waals surface area contributed by atoms with E-state index in [2.05, 4.69) is 15.4 Å². The molecule has 1 aromatic carbocycles. The molecule has 1 saturated heterocycles. The quantitative estimate of drug-likeness (QED) is 0.749. The Kier molecular flexibility index (Phi) is 5.64. The minimum Gasteiger partial charge on any atom is -0.366 e. The smallest absolute Gasteiger partial charge is 0.254 e. The van der Waals surface area contributed by atoms with Crippen molar-refractivity contribution in [2.45, 2.75) is 44.2 Å². The summed E-state index contributed by atoms with van der Waals surface area (Å²) in [4.78, 5) is 12.4. The van der Waals surface area contributed by atoms with Crippen molar-refractivity contribution in [2.24, 2.45) is 0 Å². The molecule has 134 valence electrons. The van der Waals surface area contributed by atoms with Crippen LogP contribution in [0.15, 0.2) is 23.1 Å². The second-order valence-electron chi connectivity index (χ2n) is 6.89. The zero-order valence-electron chi connectivity index (χ0n) is 14.5. The van der Waals surface area contributed by atoms with E-state index < -0.39 is 21.7 Å². The molecule has 1 heterocycles. The van der Waals surface area contributed by atoms with Crippen molar-refractivity contribution in [3.8, 4) is 0 Å². The number of rotatable bonds is 4. The van der Waals surface area contributed by atoms with Gasteiger partial charge in [-0.1, -0.05) is 6.07 Å². The topological polar surface area (TPSA) is 96.5 Å². The summed E-state index contributed by atoms with van der Waals surface area (Å²) in [5.74, 6) is -0.293. The molecule has 3 N–H and O–H groups in total. The minimum absolute atomic E-state index is 0.151. The Morgan fingerprint density at radius 3 is 2.62 bits per heavy atom. The largest absolute Gasteiger partial charge is 0.366 e. The SMILES string of the molecule is Cc1ccc(NC(=O)C2CNCCO2)cc1S(=O)(=O)NC(C)(C)C. The molecule has 1 unspecified atom stereocenters. The highest BCUT2D eigenvalue weighted by molar-refractivity contribution is 7.89. The standard InChI is InChI=1S/C16H25N3O4S/c1-11-5-6-12(18-15(20)13-10-17-7-8-23-13)9-14(11)24(21,22)19-16(2,3)4/h5-6,9,13,17,19H,7-8,10H2,1-4H3,(H,18,20). The Morgan fingerprint density at radius 1 is 1.33 bits per heavy atom. The summed E-state index contributed by atoms with van der Waals surface area (Å²) in [6, 6.07) is 4.82. The molecule has 8 heteroatoms. The summed E-state index contributed by atoms with van der Waals surface area (Å²) in [5, 5.41) is 5.80. The van der Waals surface area contributed by atoms with E-state index in [1.54, 1.807) is 39.8 Å². The highest BCUT2D eigenvalue weighted by Gasteiger charge is 2.25. The molecule has 7 nitrogen and oxygen atoms in total. The maximum absolute atomic E-state index is 12.5. The maximum Gasteiger partial charge on any atom is 0.254 e. The number of anilines is 1. The number of hydrogen-bond acceptors (Lipinski definition) is 5. The first-order valence-corrected chi connectivity index (χ1v) is 9.35. The highest BCUT2D eigenvalue weighted by atomic mass is 32.2. The number of hydrogen-bond donors (Lipinski definition) is 3. The summed E-state index contributed by atoms with van der Waals surface area (Å²) in [6.07, 6.45) is -0.576. The van der Waals surface area contributed by atoms with Crippen LogP contribution in [0.2, 0.25) is 0 Å². The normalized spacial score (nSPS) is 19.1. The van der Waals surface area contributed by atoms with Gasteiger partial charge in [-0.25, -0.2) is 13.1 Å². The fourth-order valence-corrected chi connectivity index (χ4v) is 4.07. The average molecular weight is 355 g/mol. The van der Waals surface area contributed by atoms with Crippen LogP contribution in [0.1, 0.15) is 26.3 Å². The molecule has 1 fully saturated rings. The lowest BCUT2D eigenvalue weighted by Gasteiger charge is -2.23. The lowest BCUT2D eigenvalue weighted by Crippen LogP contribution is -2.45. The molecule has 0 radical (unpaired) electrons. The Balaban J connectivity index is 2.20. The molecule has 2 rings (SSSR count).